The number of aliphatic hydroxyl groups excluding tert-OH is 1. The van der Waals surface area contributed by atoms with E-state index >= 15 is 0 Å². The van der Waals surface area contributed by atoms with Crippen molar-refractivity contribution in [2.75, 3.05) is 0 Å². The van der Waals surface area contributed by atoms with Gasteiger partial charge in [0.15, 0.2) is 0 Å². The van der Waals surface area contributed by atoms with Gasteiger partial charge < -0.3 is 14.6 Å². The summed E-state index contributed by atoms with van der Waals surface area (Å²) in [6.07, 6.45) is -1.25. The van der Waals surface area contributed by atoms with Gasteiger partial charge in [-0.15, -0.1) is 0 Å². The molecule has 1 aromatic heterocycles. The third-order valence-electron chi connectivity index (χ3n) is 2.54. The first-order valence-corrected chi connectivity index (χ1v) is 6.45. The normalized spacial score (nSPS) is 13.1. The molecule has 2 aromatic rings. The molecule has 8 heteroatoms. The summed E-state index contributed by atoms with van der Waals surface area (Å²) < 4.78 is 41.5. The lowest BCUT2D eigenvalue weighted by Gasteiger charge is -2.10. The first kappa shape index (κ1) is 15.5. The molecule has 2 N–H and O–H groups in total. The van der Waals surface area contributed by atoms with Gasteiger partial charge in [0.1, 0.15) is 11.9 Å². The van der Waals surface area contributed by atoms with E-state index in [0.29, 0.717) is 5.56 Å². The van der Waals surface area contributed by atoms with E-state index in [-0.39, 0.29) is 28.2 Å². The van der Waals surface area contributed by atoms with Gasteiger partial charge in [-0.1, -0.05) is 12.1 Å². The Kier molecular flexibility index (Phi) is 4.29. The predicted octanol–water partition coefficient (Wildman–Crippen LogP) is 3.67. The van der Waals surface area contributed by atoms with E-state index in [1.165, 1.54) is 36.4 Å². The molecule has 0 amide bonds. The summed E-state index contributed by atoms with van der Waals surface area (Å²) in [7, 11) is 0. The van der Waals surface area contributed by atoms with Crippen molar-refractivity contribution in [2.45, 2.75) is 16.5 Å². The number of aromatic carboxylic acids is 1. The minimum Gasteiger partial charge on any atom is -0.475 e. The number of aliphatic hydroxyl groups is 1. The maximum absolute atomic E-state index is 12.2. The van der Waals surface area contributed by atoms with Crippen molar-refractivity contribution in [3.05, 3.63) is 53.5 Å². The highest BCUT2D eigenvalue weighted by atomic mass is 32.2. The Bertz CT molecular complexity index is 634. The van der Waals surface area contributed by atoms with Crippen LogP contribution in [0.3, 0.4) is 0 Å². The number of hydrogen-bond acceptors (Lipinski definition) is 4. The van der Waals surface area contributed by atoms with E-state index in [4.69, 9.17) is 9.52 Å². The number of furan rings is 1. The van der Waals surface area contributed by atoms with Crippen LogP contribution in [0, 0.1) is 0 Å². The van der Waals surface area contributed by atoms with Gasteiger partial charge in [-0.3, -0.25) is 0 Å². The molecular formula is C13H9F3O4S. The molecular weight excluding hydrogens is 309 g/mol. The molecule has 0 saturated heterocycles. The van der Waals surface area contributed by atoms with Crippen molar-refractivity contribution in [2.24, 2.45) is 0 Å². The van der Waals surface area contributed by atoms with Crippen LogP contribution in [0.4, 0.5) is 13.2 Å². The Morgan fingerprint density at radius 2 is 1.76 bits per heavy atom. The number of thioether (sulfide) groups is 1. The fraction of sp³-hybridized carbons (Fsp3) is 0.154. The number of carboxylic acids is 1. The van der Waals surface area contributed by atoms with Crippen LogP contribution in [0.15, 0.2) is 45.7 Å². The number of rotatable bonds is 4. The molecule has 1 heterocycles. The maximum Gasteiger partial charge on any atom is 0.446 e. The van der Waals surface area contributed by atoms with E-state index in [2.05, 4.69) is 0 Å². The van der Waals surface area contributed by atoms with Crippen molar-refractivity contribution in [3.8, 4) is 0 Å². The highest BCUT2D eigenvalue weighted by Gasteiger charge is 2.29. The quantitative estimate of drug-likeness (QED) is 0.842. The van der Waals surface area contributed by atoms with Crippen LogP contribution in [0.2, 0.25) is 0 Å². The van der Waals surface area contributed by atoms with Crippen LogP contribution in [0.25, 0.3) is 0 Å². The topological polar surface area (TPSA) is 70.7 Å². The summed E-state index contributed by atoms with van der Waals surface area (Å²) in [5.41, 5.74) is -4.08. The van der Waals surface area contributed by atoms with E-state index in [1.54, 1.807) is 0 Å². The van der Waals surface area contributed by atoms with Gasteiger partial charge in [-0.25, -0.2) is 4.79 Å². The third kappa shape index (κ3) is 4.02. The summed E-state index contributed by atoms with van der Waals surface area (Å²) in [5, 5.41) is 18.7. The zero-order valence-electron chi connectivity index (χ0n) is 10.3. The van der Waals surface area contributed by atoms with Gasteiger partial charge in [0, 0.05) is 4.90 Å². The number of carbonyl (C=O) groups is 1. The van der Waals surface area contributed by atoms with Crippen molar-refractivity contribution in [1.29, 1.82) is 0 Å². The van der Waals surface area contributed by atoms with Crippen LogP contribution in [-0.2, 0) is 0 Å². The summed E-state index contributed by atoms with van der Waals surface area (Å²) in [4.78, 5) is 10.7. The van der Waals surface area contributed by atoms with Gasteiger partial charge in [-0.2, -0.15) is 13.2 Å². The molecule has 1 atom stereocenters. The fourth-order valence-corrected chi connectivity index (χ4v) is 2.17. The molecule has 4 nitrogen and oxygen atoms in total. The summed E-state index contributed by atoms with van der Waals surface area (Å²) >= 11 is -0.258. The third-order valence-corrected chi connectivity index (χ3v) is 3.28. The van der Waals surface area contributed by atoms with Gasteiger partial charge >= 0.3 is 11.5 Å². The Balaban J connectivity index is 2.15. The Morgan fingerprint density at radius 3 is 2.24 bits per heavy atom. The number of benzene rings is 1. The molecule has 2 rings (SSSR count). The van der Waals surface area contributed by atoms with E-state index < -0.39 is 17.6 Å². The molecule has 0 aliphatic rings. The average molecular weight is 318 g/mol. The highest BCUT2D eigenvalue weighted by molar-refractivity contribution is 8.00. The minimum atomic E-state index is -4.38. The Morgan fingerprint density at radius 1 is 1.14 bits per heavy atom. The number of hydrogen-bond donors (Lipinski definition) is 2. The number of alkyl halides is 3. The summed E-state index contributed by atoms with van der Waals surface area (Å²) in [6, 6.07) is 7.57. The molecule has 0 aliphatic heterocycles. The molecule has 1 unspecified atom stereocenters. The Labute approximate surface area is 121 Å². The SMILES string of the molecule is O=C(O)c1ccc(C(O)c2ccc(SC(F)(F)F)cc2)o1. The van der Waals surface area contributed by atoms with Crippen LogP contribution in [0.5, 0.6) is 0 Å². The van der Waals surface area contributed by atoms with Crippen molar-refractivity contribution >= 4 is 17.7 Å². The zero-order chi connectivity index (χ0) is 15.6. The van der Waals surface area contributed by atoms with Gasteiger partial charge in [0.25, 0.3) is 0 Å². The van der Waals surface area contributed by atoms with Gasteiger partial charge in [0.05, 0.1) is 0 Å². The highest BCUT2D eigenvalue weighted by Crippen LogP contribution is 2.37. The number of carboxylic acid groups (broad SMARTS) is 1. The molecule has 1 aromatic carbocycles. The van der Waals surface area contributed by atoms with Crippen molar-refractivity contribution in [1.82, 2.24) is 0 Å². The summed E-state index contributed by atoms with van der Waals surface area (Å²) in [6.45, 7) is 0. The molecule has 0 fully saturated rings. The Hall–Kier alpha value is -1.93. The monoisotopic (exact) mass is 318 g/mol. The fourth-order valence-electron chi connectivity index (χ4n) is 1.63. The molecule has 0 spiro atoms. The molecule has 0 saturated carbocycles. The second-order valence-electron chi connectivity index (χ2n) is 4.03. The largest absolute Gasteiger partial charge is 0.475 e. The molecule has 21 heavy (non-hydrogen) atoms. The molecule has 0 bridgehead atoms. The molecule has 0 aliphatic carbocycles. The van der Waals surface area contributed by atoms with Crippen LogP contribution < -0.4 is 0 Å². The van der Waals surface area contributed by atoms with Crippen LogP contribution in [0.1, 0.15) is 28.0 Å². The van der Waals surface area contributed by atoms with Crippen molar-refractivity contribution in [3.63, 3.8) is 0 Å². The number of halogens is 3. The average Bonchev–Trinajstić information content (AvgIpc) is 2.86. The van der Waals surface area contributed by atoms with Gasteiger partial charge in [-0.05, 0) is 41.6 Å². The standard InChI is InChI=1S/C13H9F3O4S/c14-13(15,16)21-8-3-1-7(2-4-8)11(17)9-5-6-10(20-9)12(18)19/h1-6,11,17H,(H,18,19). The van der Waals surface area contributed by atoms with Crippen LogP contribution >= 0.6 is 11.8 Å². The first-order valence-electron chi connectivity index (χ1n) is 5.63. The lowest BCUT2D eigenvalue weighted by Crippen LogP contribution is -2.00. The maximum atomic E-state index is 12.2. The first-order chi connectivity index (χ1) is 9.76. The predicted molar refractivity (Wildman–Crippen MR) is 68.1 cm³/mol. The van der Waals surface area contributed by atoms with Gasteiger partial charge in [0.2, 0.25) is 5.76 Å². The van der Waals surface area contributed by atoms with E-state index in [0.717, 1.165) is 0 Å². The van der Waals surface area contributed by atoms with E-state index in [9.17, 15) is 23.1 Å². The second kappa shape index (κ2) is 5.82. The zero-order valence-corrected chi connectivity index (χ0v) is 11.1. The van der Waals surface area contributed by atoms with E-state index in [1.807, 2.05) is 0 Å². The second-order valence-corrected chi connectivity index (χ2v) is 5.16. The molecule has 112 valence electrons. The van der Waals surface area contributed by atoms with Crippen molar-refractivity contribution < 1.29 is 32.6 Å². The molecule has 0 radical (unpaired) electrons. The smallest absolute Gasteiger partial charge is 0.446 e. The lowest BCUT2D eigenvalue weighted by atomic mass is 10.1. The van der Waals surface area contributed by atoms with Crippen LogP contribution in [-0.4, -0.2) is 21.7 Å². The lowest BCUT2D eigenvalue weighted by molar-refractivity contribution is -0.0328. The summed E-state index contributed by atoms with van der Waals surface area (Å²) in [5.74, 6) is -1.60. The minimum absolute atomic E-state index is 0.00336.